The van der Waals surface area contributed by atoms with Gasteiger partial charge in [-0.05, 0) is 58.1 Å². The normalized spacial score (nSPS) is 14.2. The Labute approximate surface area is 130 Å². The number of nitrogens with zero attached hydrogens (tertiary/aromatic N) is 1. The fraction of sp³-hybridized carbons (Fsp3) is 0.267. The molecule has 1 aromatic heterocycles. The van der Waals surface area contributed by atoms with E-state index in [2.05, 4.69) is 22.0 Å². The number of benzene rings is 1. The van der Waals surface area contributed by atoms with Crippen LogP contribution in [0.2, 0.25) is 0 Å². The van der Waals surface area contributed by atoms with Gasteiger partial charge in [0.05, 0.1) is 8.66 Å². The lowest BCUT2D eigenvalue weighted by Crippen LogP contribution is -2.35. The Hall–Kier alpha value is -1.33. The third-order valence-electron chi connectivity index (χ3n) is 3.66. The summed E-state index contributed by atoms with van der Waals surface area (Å²) in [7, 11) is 0. The monoisotopic (exact) mass is 350 g/mol. The molecule has 1 aromatic carbocycles. The van der Waals surface area contributed by atoms with Crippen molar-refractivity contribution in [3.05, 3.63) is 49.6 Å². The van der Waals surface area contributed by atoms with Gasteiger partial charge in [0.2, 0.25) is 0 Å². The quantitative estimate of drug-likeness (QED) is 0.798. The second kappa shape index (κ2) is 5.22. The number of thiophene rings is 1. The predicted molar refractivity (Wildman–Crippen MR) is 86.1 cm³/mol. The molecule has 2 heterocycles. The minimum atomic E-state index is 0.0951. The Kier molecular flexibility index (Phi) is 3.56. The summed E-state index contributed by atoms with van der Waals surface area (Å²) in [5, 5.41) is 0. The van der Waals surface area contributed by atoms with E-state index < -0.39 is 0 Å². The van der Waals surface area contributed by atoms with Crippen LogP contribution in [0.25, 0.3) is 0 Å². The second-order valence-corrected chi connectivity index (χ2v) is 7.40. The number of carbonyl (C=O) groups is 1. The van der Waals surface area contributed by atoms with Crippen LogP contribution in [0, 0.1) is 6.92 Å². The molecule has 20 heavy (non-hydrogen) atoms. The lowest BCUT2D eigenvalue weighted by molar-refractivity contribution is 0.0740. The molecule has 0 fully saturated rings. The van der Waals surface area contributed by atoms with Crippen molar-refractivity contribution in [1.29, 1.82) is 0 Å². The number of hydrogen-bond donors (Lipinski definition) is 1. The molecule has 1 amide bonds. The van der Waals surface area contributed by atoms with Crippen molar-refractivity contribution in [2.45, 2.75) is 19.9 Å². The number of aryl methyl sites for hydroxylation is 1. The first-order valence-corrected chi connectivity index (χ1v) is 8.08. The fourth-order valence-electron chi connectivity index (χ4n) is 2.50. The Morgan fingerprint density at radius 2 is 2.25 bits per heavy atom. The first-order valence-electron chi connectivity index (χ1n) is 6.47. The average Bonchev–Trinajstić information content (AvgIpc) is 2.78. The zero-order valence-electron chi connectivity index (χ0n) is 11.1. The molecule has 1 aliphatic heterocycles. The summed E-state index contributed by atoms with van der Waals surface area (Å²) in [6, 6.07) is 7.92. The second-order valence-electron chi connectivity index (χ2n) is 5.03. The number of anilines is 1. The first-order chi connectivity index (χ1) is 9.56. The van der Waals surface area contributed by atoms with E-state index in [1.807, 2.05) is 30.0 Å². The van der Waals surface area contributed by atoms with Gasteiger partial charge >= 0.3 is 0 Å². The molecule has 0 unspecified atom stereocenters. The minimum Gasteiger partial charge on any atom is -0.398 e. The topological polar surface area (TPSA) is 46.3 Å². The molecule has 2 N–H and O–H groups in total. The van der Waals surface area contributed by atoms with Crippen molar-refractivity contribution >= 4 is 38.9 Å². The Morgan fingerprint density at radius 1 is 1.45 bits per heavy atom. The molecule has 0 saturated heterocycles. The van der Waals surface area contributed by atoms with Gasteiger partial charge in [0.1, 0.15) is 0 Å². The third-order valence-corrected chi connectivity index (χ3v) is 5.79. The molecule has 0 atom stereocenters. The summed E-state index contributed by atoms with van der Waals surface area (Å²) in [5.74, 6) is 0.0951. The van der Waals surface area contributed by atoms with E-state index in [9.17, 15) is 4.79 Å². The maximum Gasteiger partial charge on any atom is 0.264 e. The van der Waals surface area contributed by atoms with E-state index in [1.54, 1.807) is 0 Å². The highest BCUT2D eigenvalue weighted by Crippen LogP contribution is 2.30. The minimum absolute atomic E-state index is 0.0951. The molecule has 2 aromatic rings. The number of hydrogen-bond acceptors (Lipinski definition) is 3. The summed E-state index contributed by atoms with van der Waals surface area (Å²) in [4.78, 5) is 15.2. The largest absolute Gasteiger partial charge is 0.398 e. The van der Waals surface area contributed by atoms with Crippen LogP contribution in [0.3, 0.4) is 0 Å². The van der Waals surface area contributed by atoms with Gasteiger partial charge in [-0.3, -0.25) is 4.79 Å². The summed E-state index contributed by atoms with van der Waals surface area (Å²) in [5.41, 5.74) is 10.3. The highest BCUT2D eigenvalue weighted by molar-refractivity contribution is 9.11. The molecule has 3 rings (SSSR count). The van der Waals surface area contributed by atoms with Gasteiger partial charge in [-0.2, -0.15) is 0 Å². The maximum atomic E-state index is 12.6. The Morgan fingerprint density at radius 3 is 2.95 bits per heavy atom. The van der Waals surface area contributed by atoms with Gasteiger partial charge in [0, 0.05) is 18.8 Å². The van der Waals surface area contributed by atoms with Gasteiger partial charge in [-0.1, -0.05) is 12.1 Å². The lowest BCUT2D eigenvalue weighted by Gasteiger charge is -2.29. The number of carbonyl (C=O) groups excluding carboxylic acids is 1. The number of amides is 1. The molecule has 1 aliphatic rings. The van der Waals surface area contributed by atoms with E-state index >= 15 is 0 Å². The number of nitrogens with two attached hydrogens (primary N) is 1. The van der Waals surface area contributed by atoms with Crippen LogP contribution in [-0.4, -0.2) is 17.4 Å². The zero-order chi connectivity index (χ0) is 14.3. The van der Waals surface area contributed by atoms with Gasteiger partial charge in [0.15, 0.2) is 0 Å². The van der Waals surface area contributed by atoms with Crippen molar-refractivity contribution in [1.82, 2.24) is 4.90 Å². The van der Waals surface area contributed by atoms with Crippen LogP contribution in [0.15, 0.2) is 28.1 Å². The molecule has 0 saturated carbocycles. The Bertz CT molecular complexity index is 661. The molecule has 0 aliphatic carbocycles. The van der Waals surface area contributed by atoms with Crippen LogP contribution in [0.5, 0.6) is 0 Å². The fourth-order valence-corrected chi connectivity index (χ4v) is 4.00. The molecular formula is C15H15BrN2OS. The average molecular weight is 351 g/mol. The predicted octanol–water partition coefficient (Wildman–Crippen LogP) is 3.60. The van der Waals surface area contributed by atoms with Gasteiger partial charge in [-0.25, -0.2) is 0 Å². The molecule has 5 heteroatoms. The zero-order valence-corrected chi connectivity index (χ0v) is 13.6. The number of fused-ring (bicyclic) bond motifs is 1. The van der Waals surface area contributed by atoms with Crippen molar-refractivity contribution in [2.75, 3.05) is 12.3 Å². The molecule has 0 spiro atoms. The molecule has 104 valence electrons. The summed E-state index contributed by atoms with van der Waals surface area (Å²) < 4.78 is 1.03. The molecular weight excluding hydrogens is 336 g/mol. The molecule has 3 nitrogen and oxygen atoms in total. The number of halogens is 1. The smallest absolute Gasteiger partial charge is 0.264 e. The Balaban J connectivity index is 1.86. The van der Waals surface area contributed by atoms with Gasteiger partial charge in [0.25, 0.3) is 5.91 Å². The van der Waals surface area contributed by atoms with Gasteiger partial charge < -0.3 is 10.6 Å². The summed E-state index contributed by atoms with van der Waals surface area (Å²) in [6.07, 6.45) is 0.873. The van der Waals surface area contributed by atoms with Crippen LogP contribution in [0.1, 0.15) is 26.4 Å². The van der Waals surface area contributed by atoms with Gasteiger partial charge in [-0.15, -0.1) is 11.3 Å². The standard InChI is InChI=1S/C15H15BrN2OS/c1-9-7-13(20-14(9)16)15(19)18-6-5-10-3-2-4-12(17)11(10)8-18/h2-4,7H,5-6,8,17H2,1H3. The van der Waals surface area contributed by atoms with Crippen LogP contribution in [-0.2, 0) is 13.0 Å². The summed E-state index contributed by atoms with van der Waals surface area (Å²) in [6.45, 7) is 3.36. The highest BCUT2D eigenvalue weighted by atomic mass is 79.9. The molecule has 0 bridgehead atoms. The van der Waals surface area contributed by atoms with Crippen LogP contribution >= 0.6 is 27.3 Å². The van der Waals surface area contributed by atoms with Crippen molar-refractivity contribution in [3.8, 4) is 0 Å². The van der Waals surface area contributed by atoms with E-state index in [0.29, 0.717) is 6.54 Å². The van der Waals surface area contributed by atoms with E-state index in [1.165, 1.54) is 16.9 Å². The van der Waals surface area contributed by atoms with E-state index in [4.69, 9.17) is 5.73 Å². The summed E-state index contributed by atoms with van der Waals surface area (Å²) >= 11 is 4.97. The molecule has 0 radical (unpaired) electrons. The highest BCUT2D eigenvalue weighted by Gasteiger charge is 2.24. The number of rotatable bonds is 1. The van der Waals surface area contributed by atoms with Crippen LogP contribution < -0.4 is 5.73 Å². The van der Waals surface area contributed by atoms with Crippen molar-refractivity contribution in [3.63, 3.8) is 0 Å². The van der Waals surface area contributed by atoms with Crippen molar-refractivity contribution < 1.29 is 4.79 Å². The SMILES string of the molecule is Cc1cc(C(=O)N2CCc3cccc(N)c3C2)sc1Br. The lowest BCUT2D eigenvalue weighted by atomic mass is 9.98. The maximum absolute atomic E-state index is 12.6. The number of nitrogen functional groups attached to an aromatic ring is 1. The van der Waals surface area contributed by atoms with Crippen LogP contribution in [0.4, 0.5) is 5.69 Å². The first kappa shape index (κ1) is 13.6. The van der Waals surface area contributed by atoms with E-state index in [0.717, 1.165) is 38.4 Å². The third kappa shape index (κ3) is 2.36. The van der Waals surface area contributed by atoms with E-state index in [-0.39, 0.29) is 5.91 Å². The van der Waals surface area contributed by atoms with Crippen molar-refractivity contribution in [2.24, 2.45) is 0 Å².